The Morgan fingerprint density at radius 1 is 0.900 bits per heavy atom. The van der Waals surface area contributed by atoms with Crippen LogP contribution >= 0.6 is 0 Å². The SMILES string of the molecule is COc1ccc(CC(N)CCCC(C)(C#N)c2ccc(OC)c(OC)c2)cc1OC. The summed E-state index contributed by atoms with van der Waals surface area (Å²) in [6, 6.07) is 14.0. The lowest BCUT2D eigenvalue weighted by Gasteiger charge is -2.24. The Morgan fingerprint density at radius 2 is 1.47 bits per heavy atom. The molecule has 0 fully saturated rings. The molecule has 0 saturated heterocycles. The van der Waals surface area contributed by atoms with Gasteiger partial charge in [-0.1, -0.05) is 12.1 Å². The van der Waals surface area contributed by atoms with Crippen LogP contribution in [0.4, 0.5) is 0 Å². The van der Waals surface area contributed by atoms with Gasteiger partial charge in [-0.05, 0) is 68.0 Å². The maximum Gasteiger partial charge on any atom is 0.161 e. The third-order valence-corrected chi connectivity index (χ3v) is 5.46. The quantitative estimate of drug-likeness (QED) is 0.594. The minimum atomic E-state index is -0.622. The first-order chi connectivity index (χ1) is 14.4. The summed E-state index contributed by atoms with van der Waals surface area (Å²) in [6.07, 6.45) is 3.10. The molecule has 2 unspecified atom stereocenters. The van der Waals surface area contributed by atoms with Crippen molar-refractivity contribution in [3.05, 3.63) is 47.5 Å². The van der Waals surface area contributed by atoms with Crippen LogP contribution in [0.15, 0.2) is 36.4 Å². The van der Waals surface area contributed by atoms with E-state index in [0.717, 1.165) is 30.4 Å². The Hall–Kier alpha value is -2.91. The van der Waals surface area contributed by atoms with Gasteiger partial charge in [-0.3, -0.25) is 0 Å². The highest BCUT2D eigenvalue weighted by Crippen LogP contribution is 2.36. The maximum absolute atomic E-state index is 9.86. The van der Waals surface area contributed by atoms with Gasteiger partial charge in [0.05, 0.1) is 39.9 Å². The third-order valence-electron chi connectivity index (χ3n) is 5.46. The van der Waals surface area contributed by atoms with Gasteiger partial charge in [0.15, 0.2) is 23.0 Å². The highest BCUT2D eigenvalue weighted by Gasteiger charge is 2.27. The van der Waals surface area contributed by atoms with Gasteiger partial charge in [-0.2, -0.15) is 5.26 Å². The topological polar surface area (TPSA) is 86.7 Å². The van der Waals surface area contributed by atoms with E-state index < -0.39 is 5.41 Å². The van der Waals surface area contributed by atoms with Gasteiger partial charge in [0, 0.05) is 6.04 Å². The molecule has 6 heteroatoms. The predicted molar refractivity (Wildman–Crippen MR) is 118 cm³/mol. The molecular weight excluding hydrogens is 380 g/mol. The second-order valence-corrected chi connectivity index (χ2v) is 7.56. The molecular formula is C24H32N2O4. The van der Waals surface area contributed by atoms with Gasteiger partial charge >= 0.3 is 0 Å². The van der Waals surface area contributed by atoms with E-state index in [0.29, 0.717) is 29.4 Å². The van der Waals surface area contributed by atoms with Crippen molar-refractivity contribution < 1.29 is 18.9 Å². The summed E-state index contributed by atoms with van der Waals surface area (Å²) in [5, 5.41) is 9.86. The Kier molecular flexibility index (Phi) is 8.37. The maximum atomic E-state index is 9.86. The van der Waals surface area contributed by atoms with E-state index in [2.05, 4.69) is 6.07 Å². The largest absolute Gasteiger partial charge is 0.493 e. The lowest BCUT2D eigenvalue weighted by molar-refractivity contribution is 0.353. The summed E-state index contributed by atoms with van der Waals surface area (Å²) < 4.78 is 21.3. The molecule has 6 nitrogen and oxygen atoms in total. The fourth-order valence-corrected chi connectivity index (χ4v) is 3.57. The van der Waals surface area contributed by atoms with E-state index in [1.807, 2.05) is 43.3 Å². The number of benzene rings is 2. The van der Waals surface area contributed by atoms with E-state index >= 15 is 0 Å². The average molecular weight is 413 g/mol. The molecule has 0 aromatic heterocycles. The number of methoxy groups -OCH3 is 4. The second kappa shape index (κ2) is 10.7. The molecule has 0 aliphatic carbocycles. The van der Waals surface area contributed by atoms with Crippen molar-refractivity contribution in [3.8, 4) is 29.1 Å². The number of nitrogens with zero attached hydrogens (tertiary/aromatic N) is 1. The van der Waals surface area contributed by atoms with Crippen LogP contribution in [0.25, 0.3) is 0 Å². The summed E-state index contributed by atoms with van der Waals surface area (Å²) in [6.45, 7) is 1.95. The first kappa shape index (κ1) is 23.4. The number of hydrogen-bond donors (Lipinski definition) is 1. The van der Waals surface area contributed by atoms with Crippen molar-refractivity contribution in [3.63, 3.8) is 0 Å². The zero-order valence-electron chi connectivity index (χ0n) is 18.5. The van der Waals surface area contributed by atoms with Crippen molar-refractivity contribution in [1.82, 2.24) is 0 Å². The highest BCUT2D eigenvalue weighted by molar-refractivity contribution is 5.47. The molecule has 0 bridgehead atoms. The Labute approximate surface area is 179 Å². The zero-order valence-corrected chi connectivity index (χ0v) is 18.5. The van der Waals surface area contributed by atoms with E-state index in [1.54, 1.807) is 28.4 Å². The van der Waals surface area contributed by atoms with Gasteiger partial charge in [0.2, 0.25) is 0 Å². The molecule has 162 valence electrons. The van der Waals surface area contributed by atoms with Gasteiger partial charge in [-0.25, -0.2) is 0 Å². The number of rotatable bonds is 11. The van der Waals surface area contributed by atoms with Gasteiger partial charge in [0.25, 0.3) is 0 Å². The molecule has 30 heavy (non-hydrogen) atoms. The lowest BCUT2D eigenvalue weighted by atomic mass is 9.79. The molecule has 0 saturated carbocycles. The van der Waals surface area contributed by atoms with Crippen molar-refractivity contribution >= 4 is 0 Å². The lowest BCUT2D eigenvalue weighted by Crippen LogP contribution is -2.25. The van der Waals surface area contributed by atoms with Gasteiger partial charge < -0.3 is 24.7 Å². The minimum absolute atomic E-state index is 0.00329. The van der Waals surface area contributed by atoms with Crippen LogP contribution in [0.2, 0.25) is 0 Å². The van der Waals surface area contributed by atoms with E-state index in [1.165, 1.54) is 0 Å². The second-order valence-electron chi connectivity index (χ2n) is 7.56. The fraction of sp³-hybridized carbons (Fsp3) is 0.458. The smallest absolute Gasteiger partial charge is 0.161 e. The van der Waals surface area contributed by atoms with Crippen LogP contribution in [0.1, 0.15) is 37.3 Å². The number of nitrogens with two attached hydrogens (primary N) is 1. The fourth-order valence-electron chi connectivity index (χ4n) is 3.57. The van der Waals surface area contributed by atoms with Crippen LogP contribution in [-0.4, -0.2) is 34.5 Å². The van der Waals surface area contributed by atoms with Crippen molar-refractivity contribution in [1.29, 1.82) is 5.26 Å². The molecule has 2 aromatic rings. The molecule has 2 rings (SSSR count). The van der Waals surface area contributed by atoms with E-state index in [4.69, 9.17) is 24.7 Å². The molecule has 0 heterocycles. The van der Waals surface area contributed by atoms with Crippen LogP contribution < -0.4 is 24.7 Å². The molecule has 0 aliphatic rings. The molecule has 2 atom stereocenters. The van der Waals surface area contributed by atoms with E-state index in [-0.39, 0.29) is 6.04 Å². The molecule has 2 N–H and O–H groups in total. The minimum Gasteiger partial charge on any atom is -0.493 e. The van der Waals surface area contributed by atoms with E-state index in [9.17, 15) is 5.26 Å². The standard InChI is InChI=1S/C24H32N2O4/c1-24(16-25,18-9-11-21(28-3)23(15-18)30-5)12-6-7-19(26)13-17-8-10-20(27-2)22(14-17)29-4/h8-11,14-15,19H,6-7,12-13,26H2,1-5H3. The molecule has 0 aliphatic heterocycles. The zero-order chi connectivity index (χ0) is 22.1. The summed E-state index contributed by atoms with van der Waals surface area (Å²) in [4.78, 5) is 0. The Bertz CT molecular complexity index is 878. The molecule has 2 aromatic carbocycles. The molecule has 0 spiro atoms. The summed E-state index contributed by atoms with van der Waals surface area (Å²) in [7, 11) is 6.44. The van der Waals surface area contributed by atoms with Crippen LogP contribution in [0.3, 0.4) is 0 Å². The summed E-state index contributed by atoms with van der Waals surface area (Å²) in [5.41, 5.74) is 7.76. The van der Waals surface area contributed by atoms with Crippen LogP contribution in [0, 0.1) is 11.3 Å². The van der Waals surface area contributed by atoms with Crippen molar-refractivity contribution in [2.24, 2.45) is 5.73 Å². The van der Waals surface area contributed by atoms with Gasteiger partial charge in [-0.15, -0.1) is 0 Å². The number of ether oxygens (including phenoxy) is 4. The molecule has 0 amide bonds. The van der Waals surface area contributed by atoms with Crippen LogP contribution in [-0.2, 0) is 11.8 Å². The average Bonchev–Trinajstić information content (AvgIpc) is 2.78. The van der Waals surface area contributed by atoms with Crippen molar-refractivity contribution in [2.75, 3.05) is 28.4 Å². The highest BCUT2D eigenvalue weighted by atomic mass is 16.5. The van der Waals surface area contributed by atoms with Crippen molar-refractivity contribution in [2.45, 2.75) is 44.1 Å². The normalized spacial score (nSPS) is 13.6. The predicted octanol–water partition coefficient (Wildman–Crippen LogP) is 4.24. The summed E-state index contributed by atoms with van der Waals surface area (Å²) in [5.74, 6) is 2.68. The Morgan fingerprint density at radius 3 is 2.03 bits per heavy atom. The molecule has 0 radical (unpaired) electrons. The van der Waals surface area contributed by atoms with Gasteiger partial charge in [0.1, 0.15) is 0 Å². The first-order valence-corrected chi connectivity index (χ1v) is 10.0. The monoisotopic (exact) mass is 412 g/mol. The number of nitriles is 1. The van der Waals surface area contributed by atoms with Crippen LogP contribution in [0.5, 0.6) is 23.0 Å². The Balaban J connectivity index is 1.99. The third kappa shape index (κ3) is 5.58. The number of hydrogen-bond acceptors (Lipinski definition) is 6. The summed E-state index contributed by atoms with van der Waals surface area (Å²) >= 11 is 0. The first-order valence-electron chi connectivity index (χ1n) is 10.0.